The van der Waals surface area contributed by atoms with Crippen molar-refractivity contribution in [2.75, 3.05) is 6.26 Å². The maximum absolute atomic E-state index is 11.8. The normalized spacial score (nSPS) is 11.4. The van der Waals surface area contributed by atoms with Crippen molar-refractivity contribution in [1.29, 1.82) is 0 Å². The van der Waals surface area contributed by atoms with Crippen LogP contribution in [-0.4, -0.2) is 35.5 Å². The number of hydrogen-bond acceptors (Lipinski definition) is 4. The van der Waals surface area contributed by atoms with Crippen molar-refractivity contribution in [2.45, 2.75) is 4.90 Å². The van der Waals surface area contributed by atoms with Crippen molar-refractivity contribution in [3.05, 3.63) is 89.6 Å². The van der Waals surface area contributed by atoms with Crippen LogP contribution in [0.1, 0.15) is 10.5 Å². The van der Waals surface area contributed by atoms with Crippen molar-refractivity contribution < 1.29 is 18.3 Å². The van der Waals surface area contributed by atoms with Crippen LogP contribution in [-0.2, 0) is 9.84 Å². The molecule has 0 bridgehead atoms. The van der Waals surface area contributed by atoms with Crippen LogP contribution >= 0.6 is 11.6 Å². The zero-order valence-electron chi connectivity index (χ0n) is 16.4. The van der Waals surface area contributed by atoms with Gasteiger partial charge in [-0.25, -0.2) is 17.9 Å². The van der Waals surface area contributed by atoms with Crippen LogP contribution in [0.25, 0.3) is 28.1 Å². The van der Waals surface area contributed by atoms with Crippen molar-refractivity contribution in [3.63, 3.8) is 0 Å². The van der Waals surface area contributed by atoms with E-state index in [1.165, 1.54) is 17.0 Å². The number of carboxylic acids is 1. The number of aromatic nitrogens is 2. The van der Waals surface area contributed by atoms with Gasteiger partial charge in [0, 0.05) is 16.8 Å². The topological polar surface area (TPSA) is 89.3 Å². The molecule has 0 radical (unpaired) electrons. The molecule has 8 heteroatoms. The molecule has 0 aliphatic carbocycles. The molecule has 4 rings (SSSR count). The number of benzene rings is 3. The van der Waals surface area contributed by atoms with Crippen LogP contribution in [0, 0.1) is 0 Å². The van der Waals surface area contributed by atoms with Crippen LogP contribution in [0.5, 0.6) is 0 Å². The summed E-state index contributed by atoms with van der Waals surface area (Å²) in [7, 11) is -3.31. The maximum atomic E-state index is 11.8. The minimum atomic E-state index is -3.31. The summed E-state index contributed by atoms with van der Waals surface area (Å²) in [6, 6.07) is 22.6. The third-order valence-corrected chi connectivity index (χ3v) is 6.23. The fourth-order valence-electron chi connectivity index (χ4n) is 3.24. The van der Waals surface area contributed by atoms with E-state index in [-0.39, 0.29) is 10.6 Å². The lowest BCUT2D eigenvalue weighted by molar-refractivity contribution is 0.0690. The Balaban J connectivity index is 1.78. The highest BCUT2D eigenvalue weighted by Crippen LogP contribution is 2.31. The molecule has 0 spiro atoms. The monoisotopic (exact) mass is 452 g/mol. The number of sulfone groups is 1. The second kappa shape index (κ2) is 8.02. The van der Waals surface area contributed by atoms with Crippen LogP contribution in [0.15, 0.2) is 83.8 Å². The Kier molecular flexibility index (Phi) is 5.39. The molecule has 156 valence electrons. The van der Waals surface area contributed by atoms with Gasteiger partial charge in [0.05, 0.1) is 16.3 Å². The lowest BCUT2D eigenvalue weighted by atomic mass is 10.1. The molecule has 0 fully saturated rings. The highest BCUT2D eigenvalue weighted by molar-refractivity contribution is 7.90. The predicted octanol–water partition coefficient (Wildman–Crippen LogP) is 4.96. The smallest absolute Gasteiger partial charge is 0.356 e. The molecule has 1 heterocycles. The number of carbonyl (C=O) groups is 1. The van der Waals surface area contributed by atoms with Gasteiger partial charge >= 0.3 is 5.97 Å². The first kappa shape index (κ1) is 20.8. The van der Waals surface area contributed by atoms with Gasteiger partial charge in [0.2, 0.25) is 0 Å². The molecule has 0 saturated carbocycles. The van der Waals surface area contributed by atoms with Crippen LogP contribution < -0.4 is 0 Å². The number of hydrogen-bond donors (Lipinski definition) is 1. The molecule has 0 atom stereocenters. The SMILES string of the molecule is CS(=O)(=O)c1cccc(-c2ccc(-n3nc(C(=O)O)cc3-c3ccccc3Cl)cc2)c1. The Morgan fingerprint density at radius 2 is 1.65 bits per heavy atom. The highest BCUT2D eigenvalue weighted by atomic mass is 35.5. The first-order valence-corrected chi connectivity index (χ1v) is 11.5. The zero-order chi connectivity index (χ0) is 22.2. The standard InChI is InChI=1S/C23H17ClN2O4S/c1-31(29,30)18-6-4-5-16(13-18)15-9-11-17(12-10-15)26-22(14-21(25-26)23(27)28)19-7-2-3-8-20(19)24/h2-14H,1H3,(H,27,28). The quantitative estimate of drug-likeness (QED) is 0.462. The number of halogens is 1. The van der Waals surface area contributed by atoms with Crippen LogP contribution in [0.2, 0.25) is 5.02 Å². The van der Waals surface area contributed by atoms with E-state index in [0.717, 1.165) is 11.1 Å². The van der Waals surface area contributed by atoms with Crippen LogP contribution in [0.3, 0.4) is 0 Å². The number of carboxylic acid groups (broad SMARTS) is 1. The fourth-order valence-corrected chi connectivity index (χ4v) is 4.14. The first-order valence-electron chi connectivity index (χ1n) is 9.23. The fraction of sp³-hybridized carbons (Fsp3) is 0.0435. The van der Waals surface area contributed by atoms with Crippen molar-refractivity contribution >= 4 is 27.4 Å². The molecule has 31 heavy (non-hydrogen) atoms. The van der Waals surface area contributed by atoms with E-state index >= 15 is 0 Å². The van der Waals surface area contributed by atoms with E-state index in [0.29, 0.717) is 22.0 Å². The van der Waals surface area contributed by atoms with E-state index < -0.39 is 15.8 Å². The lowest BCUT2D eigenvalue weighted by Crippen LogP contribution is -2.02. The predicted molar refractivity (Wildman–Crippen MR) is 120 cm³/mol. The summed E-state index contributed by atoms with van der Waals surface area (Å²) in [6.45, 7) is 0. The molecule has 0 saturated heterocycles. The zero-order valence-corrected chi connectivity index (χ0v) is 17.9. The molecular formula is C23H17ClN2O4S. The van der Waals surface area contributed by atoms with E-state index in [4.69, 9.17) is 11.6 Å². The van der Waals surface area contributed by atoms with E-state index in [9.17, 15) is 18.3 Å². The third kappa shape index (κ3) is 4.23. The van der Waals surface area contributed by atoms with Gasteiger partial charge in [-0.2, -0.15) is 5.10 Å². The first-order chi connectivity index (χ1) is 14.7. The minimum absolute atomic E-state index is 0.0974. The minimum Gasteiger partial charge on any atom is -0.476 e. The molecule has 6 nitrogen and oxygen atoms in total. The summed E-state index contributed by atoms with van der Waals surface area (Å²) in [5, 5.41) is 14.1. The second-order valence-corrected chi connectivity index (χ2v) is 9.38. The highest BCUT2D eigenvalue weighted by Gasteiger charge is 2.18. The van der Waals surface area contributed by atoms with Gasteiger partial charge in [-0.05, 0) is 47.5 Å². The Bertz CT molecular complexity index is 1390. The van der Waals surface area contributed by atoms with Gasteiger partial charge in [0.25, 0.3) is 0 Å². The molecular weight excluding hydrogens is 436 g/mol. The Morgan fingerprint density at radius 3 is 2.29 bits per heavy atom. The Labute approximate surface area is 184 Å². The summed E-state index contributed by atoms with van der Waals surface area (Å²) < 4.78 is 25.2. The molecule has 0 unspecified atom stereocenters. The molecule has 4 aromatic rings. The van der Waals surface area contributed by atoms with Crippen molar-refractivity contribution in [3.8, 4) is 28.1 Å². The maximum Gasteiger partial charge on any atom is 0.356 e. The number of nitrogens with zero attached hydrogens (tertiary/aromatic N) is 2. The average Bonchev–Trinajstić information content (AvgIpc) is 3.19. The number of rotatable bonds is 5. The molecule has 1 aromatic heterocycles. The summed E-state index contributed by atoms with van der Waals surface area (Å²) in [5.74, 6) is -1.14. The van der Waals surface area contributed by atoms with Gasteiger partial charge in [-0.15, -0.1) is 0 Å². The van der Waals surface area contributed by atoms with Crippen molar-refractivity contribution in [1.82, 2.24) is 9.78 Å². The van der Waals surface area contributed by atoms with E-state index in [2.05, 4.69) is 5.10 Å². The van der Waals surface area contributed by atoms with Gasteiger partial charge in [0.1, 0.15) is 0 Å². The van der Waals surface area contributed by atoms with E-state index in [1.54, 1.807) is 48.5 Å². The molecule has 0 aliphatic heterocycles. The van der Waals surface area contributed by atoms with Gasteiger partial charge in [-0.3, -0.25) is 0 Å². The summed E-state index contributed by atoms with van der Waals surface area (Å²) >= 11 is 6.33. The average molecular weight is 453 g/mol. The summed E-state index contributed by atoms with van der Waals surface area (Å²) in [4.78, 5) is 11.8. The second-order valence-electron chi connectivity index (χ2n) is 6.96. The third-order valence-electron chi connectivity index (χ3n) is 4.79. The van der Waals surface area contributed by atoms with Crippen molar-refractivity contribution in [2.24, 2.45) is 0 Å². The summed E-state index contributed by atoms with van der Waals surface area (Å²) in [6.07, 6.45) is 1.17. The molecule has 0 aliphatic rings. The van der Waals surface area contributed by atoms with Gasteiger partial charge in [0.15, 0.2) is 15.5 Å². The van der Waals surface area contributed by atoms with E-state index in [1.807, 2.05) is 24.3 Å². The lowest BCUT2D eigenvalue weighted by Gasteiger charge is -2.10. The Hall–Kier alpha value is -3.42. The van der Waals surface area contributed by atoms with Crippen LogP contribution in [0.4, 0.5) is 0 Å². The molecule has 3 aromatic carbocycles. The molecule has 0 amide bonds. The summed E-state index contributed by atoms with van der Waals surface area (Å²) in [5.41, 5.74) is 3.33. The van der Waals surface area contributed by atoms with Gasteiger partial charge < -0.3 is 5.11 Å². The largest absolute Gasteiger partial charge is 0.476 e. The number of aromatic carboxylic acids is 1. The van der Waals surface area contributed by atoms with Gasteiger partial charge in [-0.1, -0.05) is 54.1 Å². The Morgan fingerprint density at radius 1 is 0.935 bits per heavy atom. The molecule has 1 N–H and O–H groups in total.